The van der Waals surface area contributed by atoms with Crippen molar-refractivity contribution in [3.05, 3.63) is 0 Å². The molecule has 0 amide bonds. The molecule has 0 unspecified atom stereocenters. The average molecular weight is 120 g/mol. The first kappa shape index (κ1) is 15.6. The molecule has 4 N–H and O–H groups in total. The van der Waals surface area contributed by atoms with Crippen LogP contribution in [-0.4, -0.2) is 28.2 Å². The van der Waals surface area contributed by atoms with Gasteiger partial charge in [0.15, 0.2) is 0 Å². The molecule has 4 nitrogen and oxygen atoms in total. The molecule has 0 aliphatic carbocycles. The third kappa shape index (κ3) is 337. The molecule has 0 saturated carbocycles. The summed E-state index contributed by atoms with van der Waals surface area (Å²) in [4.78, 5) is 29.3. The summed E-state index contributed by atoms with van der Waals surface area (Å²) < 4.78 is 0. The van der Waals surface area contributed by atoms with Crippen molar-refractivity contribution >= 4 is 9.05 Å². The van der Waals surface area contributed by atoms with Crippen LogP contribution in [0.15, 0.2) is 0 Å². The van der Waals surface area contributed by atoms with Gasteiger partial charge in [0.25, 0.3) is 0 Å². The Balaban J connectivity index is -0.0000000267. The smallest absolute Gasteiger partial charge is 1.00 e. The second-order valence-electron chi connectivity index (χ2n) is 0.600. The molecule has 0 aromatic heterocycles. The zero-order valence-corrected chi connectivity index (χ0v) is 4.29. The molecule has 0 radical (unpaired) electrons. The molecule has 0 aliphatic heterocycles. The SMILES string of the molecule is C.O[Si](O)(O)O.[H-].[Li+]. The third-order valence-corrected chi connectivity index (χ3v) is 0. The second-order valence-corrected chi connectivity index (χ2v) is 1.80. The topological polar surface area (TPSA) is 80.9 Å². The van der Waals surface area contributed by atoms with E-state index in [0.29, 0.717) is 0 Å². The van der Waals surface area contributed by atoms with E-state index in [2.05, 4.69) is 0 Å². The molecule has 42 valence electrons. The Morgan fingerprint density at radius 1 is 1.00 bits per heavy atom. The van der Waals surface area contributed by atoms with Gasteiger partial charge in [-0.2, -0.15) is 0 Å². The molecule has 6 heteroatoms. The van der Waals surface area contributed by atoms with Crippen LogP contribution in [0.4, 0.5) is 0 Å². The van der Waals surface area contributed by atoms with Crippen molar-refractivity contribution in [2.75, 3.05) is 0 Å². The van der Waals surface area contributed by atoms with E-state index in [9.17, 15) is 0 Å². The van der Waals surface area contributed by atoms with Crippen molar-refractivity contribution in [3.63, 3.8) is 0 Å². The standard InChI is InChI=1S/CH4.Li.H4O4Si.H/c;;1-5(2,3)4;/h1H4;;1-4H;/q;+1;;-1. The van der Waals surface area contributed by atoms with Crippen LogP contribution in [0.3, 0.4) is 0 Å². The largest absolute Gasteiger partial charge is 1.00 e. The van der Waals surface area contributed by atoms with E-state index in [1.54, 1.807) is 0 Å². The Morgan fingerprint density at radius 2 is 1.00 bits per heavy atom. The van der Waals surface area contributed by atoms with Crippen molar-refractivity contribution in [3.8, 4) is 0 Å². The zero-order chi connectivity index (χ0) is 4.50. The Hall–Kier alpha value is 0.654. The molecule has 0 fully saturated rings. The molecular formula is CH9LiO4Si. The minimum absolute atomic E-state index is 0. The molecule has 0 aromatic rings. The molecule has 0 rings (SSSR count). The molecule has 0 saturated heterocycles. The van der Waals surface area contributed by atoms with E-state index >= 15 is 0 Å². The van der Waals surface area contributed by atoms with Gasteiger partial charge in [-0.05, 0) is 0 Å². The predicted octanol–water partition coefficient (Wildman–Crippen LogP) is -4.86. The van der Waals surface area contributed by atoms with Crippen molar-refractivity contribution < 1.29 is 39.5 Å². The van der Waals surface area contributed by atoms with E-state index in [0.717, 1.165) is 0 Å². The summed E-state index contributed by atoms with van der Waals surface area (Å²) in [5, 5.41) is 0. The first-order valence-electron chi connectivity index (χ1n) is 0.894. The predicted molar refractivity (Wildman–Crippen MR) is 22.5 cm³/mol. The van der Waals surface area contributed by atoms with Crippen LogP contribution in [0.2, 0.25) is 0 Å². The van der Waals surface area contributed by atoms with Gasteiger partial charge in [-0.25, -0.2) is 0 Å². The summed E-state index contributed by atoms with van der Waals surface area (Å²) in [5.74, 6) is 0. The van der Waals surface area contributed by atoms with Crippen LogP contribution in [-0.2, 0) is 0 Å². The fourth-order valence-electron chi connectivity index (χ4n) is 0. The van der Waals surface area contributed by atoms with Gasteiger partial charge in [-0.3, -0.25) is 0 Å². The summed E-state index contributed by atoms with van der Waals surface area (Å²) in [7, 11) is -4.61. The fourth-order valence-corrected chi connectivity index (χ4v) is 0. The monoisotopic (exact) mass is 120 g/mol. The summed E-state index contributed by atoms with van der Waals surface area (Å²) >= 11 is 0. The van der Waals surface area contributed by atoms with Gasteiger partial charge in [-0.1, -0.05) is 7.43 Å². The summed E-state index contributed by atoms with van der Waals surface area (Å²) in [5.41, 5.74) is 0. The van der Waals surface area contributed by atoms with Gasteiger partial charge in [-0.15, -0.1) is 0 Å². The minimum atomic E-state index is -4.61. The Bertz CT molecular complexity index is 31.5. The van der Waals surface area contributed by atoms with Crippen LogP contribution < -0.4 is 18.9 Å². The molecule has 0 atom stereocenters. The molecule has 0 heterocycles. The summed E-state index contributed by atoms with van der Waals surface area (Å²) in [6.45, 7) is 0. The fraction of sp³-hybridized carbons (Fsp3) is 1.00. The van der Waals surface area contributed by atoms with Gasteiger partial charge in [0.1, 0.15) is 0 Å². The molecule has 0 aromatic carbocycles. The summed E-state index contributed by atoms with van der Waals surface area (Å²) in [6.07, 6.45) is 0. The van der Waals surface area contributed by atoms with Gasteiger partial charge in [0.2, 0.25) is 0 Å². The maximum absolute atomic E-state index is 7.33. The maximum atomic E-state index is 7.33. The maximum Gasteiger partial charge on any atom is 1.00 e. The van der Waals surface area contributed by atoms with Gasteiger partial charge in [0, 0.05) is 0 Å². The number of hydrogen-bond acceptors (Lipinski definition) is 4. The van der Waals surface area contributed by atoms with Crippen LogP contribution in [0.5, 0.6) is 0 Å². The van der Waals surface area contributed by atoms with Crippen LogP contribution in [0.25, 0.3) is 0 Å². The van der Waals surface area contributed by atoms with Crippen molar-refractivity contribution in [2.45, 2.75) is 7.43 Å². The molecular weight excluding hydrogens is 111 g/mol. The Morgan fingerprint density at radius 3 is 1.00 bits per heavy atom. The third-order valence-electron chi connectivity index (χ3n) is 0. The average Bonchev–Trinajstić information content (AvgIpc) is 0.722. The molecule has 7 heavy (non-hydrogen) atoms. The van der Waals surface area contributed by atoms with Gasteiger partial charge >= 0.3 is 27.9 Å². The van der Waals surface area contributed by atoms with E-state index < -0.39 is 9.05 Å². The first-order chi connectivity index (χ1) is 2.00. The second kappa shape index (κ2) is 4.80. The van der Waals surface area contributed by atoms with Crippen molar-refractivity contribution in [1.29, 1.82) is 0 Å². The van der Waals surface area contributed by atoms with Crippen LogP contribution in [0, 0.1) is 0 Å². The van der Waals surface area contributed by atoms with E-state index in [4.69, 9.17) is 19.2 Å². The molecule has 0 spiro atoms. The number of rotatable bonds is 0. The van der Waals surface area contributed by atoms with Crippen molar-refractivity contribution in [2.24, 2.45) is 0 Å². The van der Waals surface area contributed by atoms with Gasteiger partial charge < -0.3 is 20.6 Å². The van der Waals surface area contributed by atoms with Crippen molar-refractivity contribution in [1.82, 2.24) is 0 Å². The molecule has 0 aliphatic rings. The minimum Gasteiger partial charge on any atom is -1.00 e. The normalized spacial score (nSPS) is 8.57. The van der Waals surface area contributed by atoms with E-state index in [1.165, 1.54) is 0 Å². The number of hydrogen-bond donors (Lipinski definition) is 4. The van der Waals surface area contributed by atoms with E-state index in [-0.39, 0.29) is 27.7 Å². The van der Waals surface area contributed by atoms with Crippen LogP contribution >= 0.6 is 0 Å². The summed E-state index contributed by atoms with van der Waals surface area (Å²) in [6, 6.07) is 0. The Kier molecular flexibility index (Phi) is 10.7. The quantitative estimate of drug-likeness (QED) is 0.242. The zero-order valence-electron chi connectivity index (χ0n) is 4.29. The Labute approximate surface area is 56.6 Å². The van der Waals surface area contributed by atoms with Crippen LogP contribution in [0.1, 0.15) is 8.85 Å². The van der Waals surface area contributed by atoms with Gasteiger partial charge in [0.05, 0.1) is 0 Å². The van der Waals surface area contributed by atoms with E-state index in [1.807, 2.05) is 0 Å². The molecule has 0 bridgehead atoms. The first-order valence-corrected chi connectivity index (χ1v) is 2.68.